The van der Waals surface area contributed by atoms with Crippen molar-refractivity contribution in [3.63, 3.8) is 0 Å². The van der Waals surface area contributed by atoms with Crippen LogP contribution in [0.5, 0.6) is 0 Å². The highest BCUT2D eigenvalue weighted by molar-refractivity contribution is 5.14. The van der Waals surface area contributed by atoms with E-state index in [0.717, 1.165) is 32.7 Å². The monoisotopic (exact) mass is 261 g/mol. The van der Waals surface area contributed by atoms with Crippen LogP contribution >= 0.6 is 0 Å². The Morgan fingerprint density at radius 1 is 1.21 bits per heavy atom. The highest BCUT2D eigenvalue weighted by Crippen LogP contribution is 2.08. The van der Waals surface area contributed by atoms with Gasteiger partial charge in [-0.1, -0.05) is 37.3 Å². The maximum atomic E-state index is 3.42. The Balaban J connectivity index is 1.84. The van der Waals surface area contributed by atoms with Gasteiger partial charge in [0.1, 0.15) is 0 Å². The topological polar surface area (TPSA) is 18.5 Å². The molecule has 0 amide bonds. The number of benzene rings is 1. The Kier molecular flexibility index (Phi) is 5.83. The van der Waals surface area contributed by atoms with Gasteiger partial charge in [0.25, 0.3) is 0 Å². The molecule has 1 saturated heterocycles. The molecule has 1 aliphatic heterocycles. The Labute approximate surface area is 117 Å². The van der Waals surface area contributed by atoms with Gasteiger partial charge in [-0.15, -0.1) is 0 Å². The number of hydrogen-bond acceptors (Lipinski definition) is 3. The molecule has 0 spiro atoms. The van der Waals surface area contributed by atoms with E-state index in [1.54, 1.807) is 0 Å². The van der Waals surface area contributed by atoms with Gasteiger partial charge in [-0.2, -0.15) is 0 Å². The normalized spacial score (nSPS) is 18.7. The third-order valence-electron chi connectivity index (χ3n) is 3.99. The van der Waals surface area contributed by atoms with Crippen LogP contribution in [-0.2, 0) is 6.54 Å². The molecule has 0 radical (unpaired) electrons. The lowest BCUT2D eigenvalue weighted by molar-refractivity contribution is 0.134. The van der Waals surface area contributed by atoms with E-state index in [0.29, 0.717) is 6.04 Å². The molecule has 1 atom stereocenters. The molecule has 1 aliphatic rings. The molecule has 1 N–H and O–H groups in total. The largest absolute Gasteiger partial charge is 0.314 e. The number of rotatable bonds is 6. The minimum Gasteiger partial charge on any atom is -0.314 e. The smallest absolute Gasteiger partial charge is 0.0234 e. The van der Waals surface area contributed by atoms with Gasteiger partial charge in [-0.3, -0.25) is 9.80 Å². The van der Waals surface area contributed by atoms with Crippen molar-refractivity contribution >= 4 is 0 Å². The summed E-state index contributed by atoms with van der Waals surface area (Å²) in [7, 11) is 0. The first-order valence-corrected chi connectivity index (χ1v) is 7.50. The van der Waals surface area contributed by atoms with E-state index >= 15 is 0 Å². The Bertz CT molecular complexity index is 346. The van der Waals surface area contributed by atoms with E-state index in [2.05, 4.69) is 59.3 Å². The number of piperazine rings is 1. The molecule has 2 rings (SSSR count). The van der Waals surface area contributed by atoms with E-state index in [-0.39, 0.29) is 0 Å². The minimum absolute atomic E-state index is 0.644. The molecule has 3 heteroatoms. The summed E-state index contributed by atoms with van der Waals surface area (Å²) in [5.41, 5.74) is 1.41. The summed E-state index contributed by atoms with van der Waals surface area (Å²) < 4.78 is 0. The third-order valence-corrected chi connectivity index (χ3v) is 3.99. The van der Waals surface area contributed by atoms with Crippen LogP contribution in [0, 0.1) is 0 Å². The molecule has 1 heterocycles. The lowest BCUT2D eigenvalue weighted by Crippen LogP contribution is -2.50. The van der Waals surface area contributed by atoms with Crippen molar-refractivity contribution in [2.24, 2.45) is 0 Å². The summed E-state index contributed by atoms with van der Waals surface area (Å²) in [5.74, 6) is 0. The van der Waals surface area contributed by atoms with Crippen LogP contribution in [0.2, 0.25) is 0 Å². The van der Waals surface area contributed by atoms with Gasteiger partial charge in [-0.05, 0) is 19.0 Å². The van der Waals surface area contributed by atoms with Crippen molar-refractivity contribution in [1.29, 1.82) is 0 Å². The predicted octanol–water partition coefficient (Wildman–Crippen LogP) is 1.80. The summed E-state index contributed by atoms with van der Waals surface area (Å²) in [6, 6.07) is 11.4. The lowest BCUT2D eigenvalue weighted by Gasteiger charge is -2.35. The van der Waals surface area contributed by atoms with E-state index < -0.39 is 0 Å². The van der Waals surface area contributed by atoms with Gasteiger partial charge in [0.05, 0.1) is 0 Å². The van der Waals surface area contributed by atoms with Crippen LogP contribution in [0.4, 0.5) is 0 Å². The van der Waals surface area contributed by atoms with Crippen LogP contribution in [0.15, 0.2) is 30.3 Å². The molecule has 3 nitrogen and oxygen atoms in total. The standard InChI is InChI=1S/C16H27N3/c1-3-18(14-16-7-5-4-6-8-16)13-15(2)19-11-9-17-10-12-19/h4-8,15,17H,3,9-14H2,1-2H3. The fraction of sp³-hybridized carbons (Fsp3) is 0.625. The zero-order valence-corrected chi connectivity index (χ0v) is 12.3. The van der Waals surface area contributed by atoms with E-state index in [1.807, 2.05) is 0 Å². The zero-order chi connectivity index (χ0) is 13.5. The molecule has 0 aliphatic carbocycles. The van der Waals surface area contributed by atoms with E-state index in [4.69, 9.17) is 0 Å². The van der Waals surface area contributed by atoms with Crippen LogP contribution in [0.25, 0.3) is 0 Å². The van der Waals surface area contributed by atoms with Gasteiger partial charge >= 0.3 is 0 Å². The summed E-state index contributed by atoms with van der Waals surface area (Å²) in [6.45, 7) is 12.6. The molecule has 0 saturated carbocycles. The van der Waals surface area contributed by atoms with Gasteiger partial charge in [0.15, 0.2) is 0 Å². The Hall–Kier alpha value is -0.900. The number of nitrogens with zero attached hydrogens (tertiary/aromatic N) is 2. The van der Waals surface area contributed by atoms with Crippen molar-refractivity contribution in [3.8, 4) is 0 Å². The average molecular weight is 261 g/mol. The molecule has 106 valence electrons. The quantitative estimate of drug-likeness (QED) is 0.842. The molecule has 1 unspecified atom stereocenters. The lowest BCUT2D eigenvalue weighted by atomic mass is 10.2. The summed E-state index contributed by atoms with van der Waals surface area (Å²) in [6.07, 6.45) is 0. The van der Waals surface area contributed by atoms with Gasteiger partial charge in [0.2, 0.25) is 0 Å². The van der Waals surface area contributed by atoms with Crippen LogP contribution < -0.4 is 5.32 Å². The second kappa shape index (κ2) is 7.63. The summed E-state index contributed by atoms with van der Waals surface area (Å²) in [4.78, 5) is 5.15. The molecule has 0 aromatic heterocycles. The summed E-state index contributed by atoms with van der Waals surface area (Å²) >= 11 is 0. The van der Waals surface area contributed by atoms with Crippen LogP contribution in [0.1, 0.15) is 19.4 Å². The average Bonchev–Trinajstić information content (AvgIpc) is 2.48. The first kappa shape index (κ1) is 14.5. The SMILES string of the molecule is CCN(Cc1ccccc1)CC(C)N1CCNCC1. The molecular formula is C16H27N3. The maximum Gasteiger partial charge on any atom is 0.0234 e. The molecule has 0 bridgehead atoms. The first-order chi connectivity index (χ1) is 9.29. The number of nitrogens with one attached hydrogen (secondary N) is 1. The van der Waals surface area contributed by atoms with Crippen molar-refractivity contribution < 1.29 is 0 Å². The van der Waals surface area contributed by atoms with Crippen molar-refractivity contribution in [2.75, 3.05) is 39.3 Å². The van der Waals surface area contributed by atoms with Crippen LogP contribution in [0.3, 0.4) is 0 Å². The van der Waals surface area contributed by atoms with E-state index in [9.17, 15) is 0 Å². The molecule has 1 aromatic rings. The van der Waals surface area contributed by atoms with Gasteiger partial charge in [0, 0.05) is 45.3 Å². The minimum atomic E-state index is 0.644. The van der Waals surface area contributed by atoms with Gasteiger partial charge < -0.3 is 5.32 Å². The highest BCUT2D eigenvalue weighted by atomic mass is 15.2. The summed E-state index contributed by atoms with van der Waals surface area (Å²) in [5, 5.41) is 3.42. The Morgan fingerprint density at radius 2 is 1.89 bits per heavy atom. The van der Waals surface area contributed by atoms with Crippen molar-refractivity contribution in [3.05, 3.63) is 35.9 Å². The number of hydrogen-bond donors (Lipinski definition) is 1. The number of likely N-dealkylation sites (N-methyl/N-ethyl adjacent to an activating group) is 1. The van der Waals surface area contributed by atoms with Gasteiger partial charge in [-0.25, -0.2) is 0 Å². The maximum absolute atomic E-state index is 3.42. The van der Waals surface area contributed by atoms with Crippen molar-refractivity contribution in [1.82, 2.24) is 15.1 Å². The highest BCUT2D eigenvalue weighted by Gasteiger charge is 2.18. The predicted molar refractivity (Wildman–Crippen MR) is 81.3 cm³/mol. The first-order valence-electron chi connectivity index (χ1n) is 7.50. The molecule has 19 heavy (non-hydrogen) atoms. The second-order valence-corrected chi connectivity index (χ2v) is 5.45. The molecule has 1 fully saturated rings. The zero-order valence-electron chi connectivity index (χ0n) is 12.3. The second-order valence-electron chi connectivity index (χ2n) is 5.45. The molecular weight excluding hydrogens is 234 g/mol. The fourth-order valence-electron chi connectivity index (χ4n) is 2.76. The van der Waals surface area contributed by atoms with E-state index in [1.165, 1.54) is 18.7 Å². The van der Waals surface area contributed by atoms with Crippen LogP contribution in [-0.4, -0.2) is 55.1 Å². The molecule has 1 aromatic carbocycles. The Morgan fingerprint density at radius 3 is 2.53 bits per heavy atom. The third kappa shape index (κ3) is 4.60. The van der Waals surface area contributed by atoms with Crippen molar-refractivity contribution in [2.45, 2.75) is 26.4 Å². The fourth-order valence-corrected chi connectivity index (χ4v) is 2.76.